The van der Waals surface area contributed by atoms with Crippen LogP contribution in [0.3, 0.4) is 0 Å². The van der Waals surface area contributed by atoms with Crippen LogP contribution in [-0.4, -0.2) is 24.6 Å². The summed E-state index contributed by atoms with van der Waals surface area (Å²) in [7, 11) is 1.62. The summed E-state index contributed by atoms with van der Waals surface area (Å²) < 4.78 is 11.7. The maximum atomic E-state index is 12.0. The van der Waals surface area contributed by atoms with Gasteiger partial charge in [0.25, 0.3) is 5.91 Å². The third-order valence-corrected chi connectivity index (χ3v) is 4.62. The van der Waals surface area contributed by atoms with Gasteiger partial charge in [-0.1, -0.05) is 17.4 Å². The summed E-state index contributed by atoms with van der Waals surface area (Å²) in [6, 6.07) is 11.4. The first-order valence-corrected chi connectivity index (χ1v) is 8.31. The summed E-state index contributed by atoms with van der Waals surface area (Å²) in [6.45, 7) is 3.99. The molecule has 2 aromatic carbocycles. The molecule has 24 heavy (non-hydrogen) atoms. The Morgan fingerprint density at radius 3 is 2.67 bits per heavy atom. The highest BCUT2D eigenvalue weighted by molar-refractivity contribution is 7.22. The number of fused-ring (bicyclic) bond motifs is 1. The van der Waals surface area contributed by atoms with Crippen molar-refractivity contribution in [2.75, 3.05) is 19.0 Å². The number of rotatable bonds is 5. The van der Waals surface area contributed by atoms with E-state index in [0.29, 0.717) is 10.9 Å². The minimum atomic E-state index is -0.237. The van der Waals surface area contributed by atoms with Crippen LogP contribution in [0.4, 0.5) is 5.13 Å². The number of ether oxygens (including phenoxy) is 2. The normalized spacial score (nSPS) is 10.6. The molecular formula is C18H18N2O3S. The number of hydrogen-bond donors (Lipinski definition) is 1. The van der Waals surface area contributed by atoms with E-state index in [2.05, 4.69) is 10.3 Å². The molecule has 1 aromatic heterocycles. The molecule has 0 bridgehead atoms. The Balaban J connectivity index is 1.63. The monoisotopic (exact) mass is 342 g/mol. The van der Waals surface area contributed by atoms with Crippen LogP contribution in [0, 0.1) is 13.8 Å². The van der Waals surface area contributed by atoms with Gasteiger partial charge < -0.3 is 9.47 Å². The molecule has 0 aliphatic heterocycles. The van der Waals surface area contributed by atoms with E-state index in [1.807, 2.05) is 50.2 Å². The zero-order valence-corrected chi connectivity index (χ0v) is 14.6. The van der Waals surface area contributed by atoms with Crippen molar-refractivity contribution in [1.29, 1.82) is 0 Å². The first kappa shape index (κ1) is 16.3. The predicted molar refractivity (Wildman–Crippen MR) is 96.2 cm³/mol. The molecule has 1 amide bonds. The molecule has 5 nitrogen and oxygen atoms in total. The molecule has 0 fully saturated rings. The van der Waals surface area contributed by atoms with Crippen molar-refractivity contribution >= 4 is 32.6 Å². The second kappa shape index (κ2) is 6.88. The van der Waals surface area contributed by atoms with Gasteiger partial charge in [0.2, 0.25) is 0 Å². The molecule has 0 atom stereocenters. The predicted octanol–water partition coefficient (Wildman–Crippen LogP) is 3.94. The lowest BCUT2D eigenvalue weighted by molar-refractivity contribution is -0.118. The van der Waals surface area contributed by atoms with E-state index in [-0.39, 0.29) is 12.5 Å². The SMILES string of the molecule is COc1ccc2nc(NC(=O)COc3ccc(C)c(C)c3)sc2c1. The summed E-state index contributed by atoms with van der Waals surface area (Å²) >= 11 is 1.40. The first-order valence-electron chi connectivity index (χ1n) is 7.49. The van der Waals surface area contributed by atoms with Gasteiger partial charge in [0.1, 0.15) is 11.5 Å². The minimum absolute atomic E-state index is 0.0538. The fourth-order valence-electron chi connectivity index (χ4n) is 2.19. The topological polar surface area (TPSA) is 60.5 Å². The fourth-order valence-corrected chi connectivity index (χ4v) is 3.10. The Morgan fingerprint density at radius 2 is 1.92 bits per heavy atom. The fraction of sp³-hybridized carbons (Fsp3) is 0.222. The van der Waals surface area contributed by atoms with Crippen molar-refractivity contribution in [2.24, 2.45) is 0 Å². The van der Waals surface area contributed by atoms with Gasteiger partial charge in [-0.3, -0.25) is 10.1 Å². The second-order valence-electron chi connectivity index (χ2n) is 5.44. The molecule has 3 aromatic rings. The first-order chi connectivity index (χ1) is 11.5. The molecule has 3 rings (SSSR count). The Hall–Kier alpha value is -2.60. The average molecular weight is 342 g/mol. The number of anilines is 1. The summed E-state index contributed by atoms with van der Waals surface area (Å²) in [6.07, 6.45) is 0. The molecule has 0 radical (unpaired) electrons. The number of carbonyl (C=O) groups is 1. The van der Waals surface area contributed by atoms with Gasteiger partial charge in [0, 0.05) is 0 Å². The van der Waals surface area contributed by atoms with Crippen LogP contribution in [0.1, 0.15) is 11.1 Å². The van der Waals surface area contributed by atoms with Crippen LogP contribution in [0.15, 0.2) is 36.4 Å². The van der Waals surface area contributed by atoms with E-state index in [0.717, 1.165) is 21.5 Å². The average Bonchev–Trinajstić information content (AvgIpc) is 2.97. The van der Waals surface area contributed by atoms with E-state index < -0.39 is 0 Å². The molecule has 1 N–H and O–H groups in total. The largest absolute Gasteiger partial charge is 0.497 e. The van der Waals surface area contributed by atoms with Gasteiger partial charge in [-0.05, 0) is 55.3 Å². The third kappa shape index (κ3) is 3.65. The van der Waals surface area contributed by atoms with Crippen molar-refractivity contribution < 1.29 is 14.3 Å². The number of carbonyl (C=O) groups excluding carboxylic acids is 1. The number of aryl methyl sites for hydroxylation is 2. The van der Waals surface area contributed by atoms with Crippen molar-refractivity contribution in [2.45, 2.75) is 13.8 Å². The Morgan fingerprint density at radius 1 is 1.12 bits per heavy atom. The molecule has 0 aliphatic rings. The number of hydrogen-bond acceptors (Lipinski definition) is 5. The molecular weight excluding hydrogens is 324 g/mol. The van der Waals surface area contributed by atoms with Crippen molar-refractivity contribution in [3.8, 4) is 11.5 Å². The van der Waals surface area contributed by atoms with Gasteiger partial charge in [-0.15, -0.1) is 0 Å². The van der Waals surface area contributed by atoms with Gasteiger partial charge in [-0.2, -0.15) is 0 Å². The lowest BCUT2D eigenvalue weighted by atomic mass is 10.1. The molecule has 0 saturated heterocycles. The molecule has 6 heteroatoms. The van der Waals surface area contributed by atoms with Crippen molar-refractivity contribution in [1.82, 2.24) is 4.98 Å². The zero-order valence-electron chi connectivity index (χ0n) is 13.8. The van der Waals surface area contributed by atoms with E-state index in [1.54, 1.807) is 7.11 Å². The highest BCUT2D eigenvalue weighted by Crippen LogP contribution is 2.29. The molecule has 124 valence electrons. The number of nitrogens with one attached hydrogen (secondary N) is 1. The summed E-state index contributed by atoms with van der Waals surface area (Å²) in [4.78, 5) is 16.4. The maximum absolute atomic E-state index is 12.0. The zero-order chi connectivity index (χ0) is 17.1. The summed E-state index contributed by atoms with van der Waals surface area (Å²) in [5.74, 6) is 1.21. The highest BCUT2D eigenvalue weighted by Gasteiger charge is 2.09. The van der Waals surface area contributed by atoms with Crippen LogP contribution in [0.25, 0.3) is 10.2 Å². The smallest absolute Gasteiger partial charge is 0.264 e. The van der Waals surface area contributed by atoms with E-state index in [1.165, 1.54) is 16.9 Å². The molecule has 0 spiro atoms. The highest BCUT2D eigenvalue weighted by atomic mass is 32.1. The summed E-state index contributed by atoms with van der Waals surface area (Å²) in [5, 5.41) is 3.32. The third-order valence-electron chi connectivity index (χ3n) is 3.69. The molecule has 0 saturated carbocycles. The van der Waals surface area contributed by atoms with Crippen LogP contribution in [0.5, 0.6) is 11.5 Å². The van der Waals surface area contributed by atoms with Crippen molar-refractivity contribution in [3.63, 3.8) is 0 Å². The lowest BCUT2D eigenvalue weighted by Crippen LogP contribution is -2.20. The summed E-state index contributed by atoms with van der Waals surface area (Å²) in [5.41, 5.74) is 3.15. The Kier molecular flexibility index (Phi) is 4.66. The number of thiazole rings is 1. The number of amides is 1. The molecule has 1 heterocycles. The lowest BCUT2D eigenvalue weighted by Gasteiger charge is -2.07. The van der Waals surface area contributed by atoms with Gasteiger partial charge in [0.05, 0.1) is 17.3 Å². The van der Waals surface area contributed by atoms with Gasteiger partial charge >= 0.3 is 0 Å². The Bertz CT molecular complexity index is 889. The van der Waals surface area contributed by atoms with E-state index in [9.17, 15) is 4.79 Å². The van der Waals surface area contributed by atoms with E-state index >= 15 is 0 Å². The Labute approximate surface area is 144 Å². The van der Waals surface area contributed by atoms with Gasteiger partial charge in [0.15, 0.2) is 11.7 Å². The van der Waals surface area contributed by atoms with E-state index in [4.69, 9.17) is 9.47 Å². The van der Waals surface area contributed by atoms with Crippen LogP contribution >= 0.6 is 11.3 Å². The number of aromatic nitrogens is 1. The van der Waals surface area contributed by atoms with Gasteiger partial charge in [-0.25, -0.2) is 4.98 Å². The number of nitrogens with zero attached hydrogens (tertiary/aromatic N) is 1. The maximum Gasteiger partial charge on any atom is 0.264 e. The second-order valence-corrected chi connectivity index (χ2v) is 6.47. The van der Waals surface area contributed by atoms with Crippen LogP contribution in [0.2, 0.25) is 0 Å². The van der Waals surface area contributed by atoms with Crippen LogP contribution in [-0.2, 0) is 4.79 Å². The van der Waals surface area contributed by atoms with Crippen molar-refractivity contribution in [3.05, 3.63) is 47.5 Å². The quantitative estimate of drug-likeness (QED) is 0.763. The van der Waals surface area contributed by atoms with Crippen LogP contribution < -0.4 is 14.8 Å². The standard InChI is InChI=1S/C18H18N2O3S/c1-11-4-5-14(8-12(11)2)23-10-17(21)20-18-19-15-7-6-13(22-3)9-16(15)24-18/h4-9H,10H2,1-3H3,(H,19,20,21). The molecule has 0 aliphatic carbocycles. The molecule has 0 unspecified atom stereocenters. The minimum Gasteiger partial charge on any atom is -0.497 e. The number of methoxy groups -OCH3 is 1. The number of benzene rings is 2.